The lowest BCUT2D eigenvalue weighted by Crippen LogP contribution is -2.46. The highest BCUT2D eigenvalue weighted by molar-refractivity contribution is 5.82. The standard InChI is InChI=1S/C11H20N2O3/c1-4-5-9(10(14)15)13-11(16)12-7-6-8(2)3/h9H,2,4-7H2,1,3H3,(H,14,15)(H2,12,13,16). The van der Waals surface area contributed by atoms with E-state index in [1.54, 1.807) is 0 Å². The molecular formula is C11H20N2O3. The molecule has 0 aliphatic rings. The summed E-state index contributed by atoms with van der Waals surface area (Å²) in [5.41, 5.74) is 0.976. The van der Waals surface area contributed by atoms with E-state index < -0.39 is 18.0 Å². The number of nitrogens with one attached hydrogen (secondary N) is 2. The summed E-state index contributed by atoms with van der Waals surface area (Å²) < 4.78 is 0. The molecule has 0 bridgehead atoms. The topological polar surface area (TPSA) is 78.4 Å². The highest BCUT2D eigenvalue weighted by Gasteiger charge is 2.17. The number of hydrogen-bond donors (Lipinski definition) is 3. The van der Waals surface area contributed by atoms with E-state index in [2.05, 4.69) is 17.2 Å². The molecule has 0 heterocycles. The Hall–Kier alpha value is -1.52. The largest absolute Gasteiger partial charge is 0.480 e. The average Bonchev–Trinajstić information content (AvgIpc) is 2.16. The summed E-state index contributed by atoms with van der Waals surface area (Å²) in [6, 6.07) is -1.25. The minimum Gasteiger partial charge on any atom is -0.480 e. The first kappa shape index (κ1) is 14.5. The van der Waals surface area contributed by atoms with Crippen LogP contribution in [0.4, 0.5) is 4.79 Å². The molecule has 2 amide bonds. The Bertz CT molecular complexity index is 264. The molecule has 0 saturated heterocycles. The Labute approximate surface area is 95.9 Å². The first-order valence-electron chi connectivity index (χ1n) is 5.39. The van der Waals surface area contributed by atoms with Gasteiger partial charge in [-0.05, 0) is 19.8 Å². The number of hydrogen-bond acceptors (Lipinski definition) is 2. The number of rotatable bonds is 7. The summed E-state index contributed by atoms with van der Waals surface area (Å²) in [7, 11) is 0. The molecule has 0 aliphatic heterocycles. The lowest BCUT2D eigenvalue weighted by atomic mass is 10.2. The van der Waals surface area contributed by atoms with Crippen LogP contribution >= 0.6 is 0 Å². The van der Waals surface area contributed by atoms with E-state index >= 15 is 0 Å². The second-order valence-corrected chi connectivity index (χ2v) is 3.79. The van der Waals surface area contributed by atoms with Crippen molar-refractivity contribution in [3.8, 4) is 0 Å². The summed E-state index contributed by atoms with van der Waals surface area (Å²) >= 11 is 0. The molecule has 0 rings (SSSR count). The molecule has 0 radical (unpaired) electrons. The second kappa shape index (κ2) is 7.73. The number of carbonyl (C=O) groups is 2. The molecule has 0 saturated carbocycles. The molecule has 5 nitrogen and oxygen atoms in total. The van der Waals surface area contributed by atoms with Crippen molar-refractivity contribution in [2.24, 2.45) is 0 Å². The number of carboxylic acids is 1. The minimum absolute atomic E-state index is 0.434. The fraction of sp³-hybridized carbons (Fsp3) is 0.636. The molecule has 0 aromatic rings. The van der Waals surface area contributed by atoms with E-state index in [-0.39, 0.29) is 0 Å². The molecule has 3 N–H and O–H groups in total. The van der Waals surface area contributed by atoms with Gasteiger partial charge in [-0.1, -0.05) is 18.9 Å². The van der Waals surface area contributed by atoms with Crippen molar-refractivity contribution in [1.29, 1.82) is 0 Å². The maximum absolute atomic E-state index is 11.3. The zero-order valence-corrected chi connectivity index (χ0v) is 9.88. The maximum Gasteiger partial charge on any atom is 0.326 e. The predicted octanol–water partition coefficient (Wildman–Crippen LogP) is 1.51. The summed E-state index contributed by atoms with van der Waals surface area (Å²) in [4.78, 5) is 22.0. The molecule has 1 unspecified atom stereocenters. The van der Waals surface area contributed by atoms with Crippen LogP contribution in [0, 0.1) is 0 Å². The molecule has 16 heavy (non-hydrogen) atoms. The molecule has 92 valence electrons. The summed E-state index contributed by atoms with van der Waals surface area (Å²) in [6.45, 7) is 7.92. The van der Waals surface area contributed by atoms with Crippen molar-refractivity contribution in [2.75, 3.05) is 6.54 Å². The summed E-state index contributed by atoms with van der Waals surface area (Å²) in [5, 5.41) is 13.8. The smallest absolute Gasteiger partial charge is 0.326 e. The van der Waals surface area contributed by atoms with E-state index in [0.29, 0.717) is 25.8 Å². The van der Waals surface area contributed by atoms with Gasteiger partial charge in [0.2, 0.25) is 0 Å². The van der Waals surface area contributed by atoms with Gasteiger partial charge in [0, 0.05) is 6.54 Å². The third kappa shape index (κ3) is 6.86. The van der Waals surface area contributed by atoms with Crippen LogP contribution < -0.4 is 10.6 Å². The van der Waals surface area contributed by atoms with Gasteiger partial charge in [-0.3, -0.25) is 0 Å². The Balaban J connectivity index is 3.90. The van der Waals surface area contributed by atoms with E-state index in [9.17, 15) is 9.59 Å². The van der Waals surface area contributed by atoms with Crippen LogP contribution in [-0.2, 0) is 4.79 Å². The minimum atomic E-state index is -1.00. The molecule has 1 atom stereocenters. The molecule has 0 aromatic heterocycles. The normalized spacial score (nSPS) is 11.6. The highest BCUT2D eigenvalue weighted by Crippen LogP contribution is 1.97. The second-order valence-electron chi connectivity index (χ2n) is 3.79. The van der Waals surface area contributed by atoms with Crippen molar-refractivity contribution in [3.05, 3.63) is 12.2 Å². The van der Waals surface area contributed by atoms with E-state index in [1.807, 2.05) is 13.8 Å². The van der Waals surface area contributed by atoms with Crippen LogP contribution in [-0.4, -0.2) is 29.7 Å². The number of amides is 2. The van der Waals surface area contributed by atoms with Crippen LogP contribution in [0.3, 0.4) is 0 Å². The summed E-state index contributed by atoms with van der Waals surface area (Å²) in [5.74, 6) is -1.00. The number of aliphatic carboxylic acids is 1. The molecular weight excluding hydrogens is 208 g/mol. The van der Waals surface area contributed by atoms with Gasteiger partial charge in [0.05, 0.1) is 0 Å². The van der Waals surface area contributed by atoms with E-state index in [4.69, 9.17) is 5.11 Å². The fourth-order valence-corrected chi connectivity index (χ4v) is 1.14. The average molecular weight is 228 g/mol. The van der Waals surface area contributed by atoms with Crippen LogP contribution in [0.15, 0.2) is 12.2 Å². The zero-order valence-electron chi connectivity index (χ0n) is 9.88. The third-order valence-electron chi connectivity index (χ3n) is 2.02. The van der Waals surface area contributed by atoms with Crippen molar-refractivity contribution < 1.29 is 14.7 Å². The number of carbonyl (C=O) groups excluding carboxylic acids is 1. The lowest BCUT2D eigenvalue weighted by molar-refractivity contribution is -0.139. The Morgan fingerprint density at radius 1 is 1.44 bits per heavy atom. The Morgan fingerprint density at radius 2 is 2.06 bits per heavy atom. The SMILES string of the molecule is C=C(C)CCNC(=O)NC(CCC)C(=O)O. The van der Waals surface area contributed by atoms with Gasteiger partial charge >= 0.3 is 12.0 Å². The maximum atomic E-state index is 11.3. The number of urea groups is 1. The molecule has 5 heteroatoms. The van der Waals surface area contributed by atoms with Gasteiger partial charge < -0.3 is 15.7 Å². The first-order valence-corrected chi connectivity index (χ1v) is 5.39. The Kier molecular flexibility index (Phi) is 7.00. The van der Waals surface area contributed by atoms with Gasteiger partial charge in [-0.25, -0.2) is 9.59 Å². The zero-order chi connectivity index (χ0) is 12.6. The molecule has 0 aromatic carbocycles. The van der Waals surface area contributed by atoms with Crippen molar-refractivity contribution in [3.63, 3.8) is 0 Å². The van der Waals surface area contributed by atoms with Crippen LogP contribution in [0.5, 0.6) is 0 Å². The molecule has 0 fully saturated rings. The van der Waals surface area contributed by atoms with Gasteiger partial charge in [-0.15, -0.1) is 6.58 Å². The summed E-state index contributed by atoms with van der Waals surface area (Å²) in [6.07, 6.45) is 1.84. The fourth-order valence-electron chi connectivity index (χ4n) is 1.14. The predicted molar refractivity (Wildman–Crippen MR) is 62.3 cm³/mol. The van der Waals surface area contributed by atoms with Gasteiger partial charge in [0.25, 0.3) is 0 Å². The molecule has 0 spiro atoms. The van der Waals surface area contributed by atoms with Gasteiger partial charge in [0.15, 0.2) is 0 Å². The number of carboxylic acid groups (broad SMARTS) is 1. The third-order valence-corrected chi connectivity index (χ3v) is 2.02. The quantitative estimate of drug-likeness (QED) is 0.578. The van der Waals surface area contributed by atoms with Crippen molar-refractivity contribution in [1.82, 2.24) is 10.6 Å². The van der Waals surface area contributed by atoms with Crippen LogP contribution in [0.2, 0.25) is 0 Å². The van der Waals surface area contributed by atoms with Crippen molar-refractivity contribution in [2.45, 2.75) is 39.2 Å². The van der Waals surface area contributed by atoms with Crippen molar-refractivity contribution >= 4 is 12.0 Å². The highest BCUT2D eigenvalue weighted by atomic mass is 16.4. The molecule has 0 aliphatic carbocycles. The monoisotopic (exact) mass is 228 g/mol. The lowest BCUT2D eigenvalue weighted by Gasteiger charge is -2.14. The van der Waals surface area contributed by atoms with Crippen LogP contribution in [0.1, 0.15) is 33.1 Å². The van der Waals surface area contributed by atoms with Gasteiger partial charge in [-0.2, -0.15) is 0 Å². The van der Waals surface area contributed by atoms with E-state index in [0.717, 1.165) is 5.57 Å². The van der Waals surface area contributed by atoms with Crippen LogP contribution in [0.25, 0.3) is 0 Å². The van der Waals surface area contributed by atoms with Gasteiger partial charge in [0.1, 0.15) is 6.04 Å². The Morgan fingerprint density at radius 3 is 2.50 bits per heavy atom. The first-order chi connectivity index (χ1) is 7.47. The van der Waals surface area contributed by atoms with E-state index in [1.165, 1.54) is 0 Å².